The van der Waals surface area contributed by atoms with Gasteiger partial charge in [-0.25, -0.2) is 4.98 Å². The van der Waals surface area contributed by atoms with E-state index in [0.717, 1.165) is 29.8 Å². The minimum Gasteiger partial charge on any atom is -0.345 e. The molecule has 4 rings (SSSR count). The summed E-state index contributed by atoms with van der Waals surface area (Å²) in [4.78, 5) is 21.1. The molecule has 6 heteroatoms. The predicted molar refractivity (Wildman–Crippen MR) is 98.2 cm³/mol. The van der Waals surface area contributed by atoms with E-state index in [1.54, 1.807) is 17.8 Å². The summed E-state index contributed by atoms with van der Waals surface area (Å²) in [6.45, 7) is 0.543. The van der Waals surface area contributed by atoms with Gasteiger partial charge in [0.2, 0.25) is 0 Å². The van der Waals surface area contributed by atoms with Gasteiger partial charge in [-0.2, -0.15) is 0 Å². The Morgan fingerprint density at radius 2 is 2.16 bits per heavy atom. The quantitative estimate of drug-likeness (QED) is 0.758. The van der Waals surface area contributed by atoms with E-state index in [1.165, 1.54) is 22.5 Å². The van der Waals surface area contributed by atoms with Crippen molar-refractivity contribution in [2.24, 2.45) is 5.73 Å². The van der Waals surface area contributed by atoms with Crippen LogP contribution in [0, 0.1) is 0 Å². The maximum atomic E-state index is 12.5. The molecule has 2 heterocycles. The van der Waals surface area contributed by atoms with Gasteiger partial charge in [0.05, 0.1) is 28.5 Å². The summed E-state index contributed by atoms with van der Waals surface area (Å²) in [5, 5.41) is 5.06. The van der Waals surface area contributed by atoms with Crippen LogP contribution in [-0.2, 0) is 13.0 Å². The number of hydrogen-bond donors (Lipinski definition) is 2. The highest BCUT2D eigenvalue weighted by Gasteiger charge is 2.24. The van der Waals surface area contributed by atoms with Crippen LogP contribution in [0.4, 0.5) is 0 Å². The Kier molecular flexibility index (Phi) is 4.29. The van der Waals surface area contributed by atoms with Crippen molar-refractivity contribution in [2.75, 3.05) is 0 Å². The first-order valence-electron chi connectivity index (χ1n) is 8.22. The molecule has 0 aliphatic heterocycles. The third-order valence-corrected chi connectivity index (χ3v) is 5.13. The number of thiazole rings is 1. The van der Waals surface area contributed by atoms with E-state index in [0.29, 0.717) is 12.1 Å². The van der Waals surface area contributed by atoms with Crippen LogP contribution in [0.1, 0.15) is 39.5 Å². The smallest absolute Gasteiger partial charge is 0.253 e. The third-order valence-electron chi connectivity index (χ3n) is 4.55. The van der Waals surface area contributed by atoms with Crippen molar-refractivity contribution in [3.63, 3.8) is 0 Å². The van der Waals surface area contributed by atoms with Crippen molar-refractivity contribution >= 4 is 17.2 Å². The molecule has 3 N–H and O–H groups in total. The molecule has 0 radical (unpaired) electrons. The number of pyridine rings is 1. The number of rotatable bonds is 4. The fraction of sp³-hybridized carbons (Fsp3) is 0.211. The molecule has 126 valence electrons. The molecule has 1 aliphatic carbocycles. The first-order valence-corrected chi connectivity index (χ1v) is 9.16. The van der Waals surface area contributed by atoms with Gasteiger partial charge in [-0.05, 0) is 41.7 Å². The molecule has 1 aromatic carbocycles. The van der Waals surface area contributed by atoms with Crippen molar-refractivity contribution in [3.8, 4) is 11.4 Å². The third kappa shape index (κ3) is 3.18. The minimum atomic E-state index is -0.0990. The number of aromatic nitrogens is 2. The van der Waals surface area contributed by atoms with Crippen LogP contribution < -0.4 is 11.1 Å². The number of amides is 1. The summed E-state index contributed by atoms with van der Waals surface area (Å²) in [5.74, 6) is -0.0990. The molecule has 2 aromatic heterocycles. The number of hydrogen-bond acceptors (Lipinski definition) is 5. The molecule has 1 atom stereocenters. The lowest BCUT2D eigenvalue weighted by Gasteiger charge is -2.14. The van der Waals surface area contributed by atoms with E-state index in [-0.39, 0.29) is 11.9 Å². The van der Waals surface area contributed by atoms with Crippen molar-refractivity contribution in [1.29, 1.82) is 0 Å². The molecule has 3 aromatic rings. The minimum absolute atomic E-state index is 0.0486. The molecule has 25 heavy (non-hydrogen) atoms. The molecular weight excluding hydrogens is 332 g/mol. The molecule has 0 fully saturated rings. The summed E-state index contributed by atoms with van der Waals surface area (Å²) >= 11 is 1.52. The summed E-state index contributed by atoms with van der Waals surface area (Å²) < 4.78 is 0. The fourth-order valence-electron chi connectivity index (χ4n) is 3.21. The van der Waals surface area contributed by atoms with Crippen LogP contribution in [0.15, 0.2) is 47.4 Å². The maximum Gasteiger partial charge on any atom is 0.253 e. The first-order chi connectivity index (χ1) is 12.2. The average molecular weight is 350 g/mol. The molecule has 1 aliphatic rings. The molecule has 5 nitrogen and oxygen atoms in total. The Hall–Kier alpha value is -2.57. The van der Waals surface area contributed by atoms with E-state index in [4.69, 9.17) is 5.73 Å². The van der Waals surface area contributed by atoms with Crippen LogP contribution in [-0.4, -0.2) is 15.9 Å². The summed E-state index contributed by atoms with van der Waals surface area (Å²) in [6, 6.07) is 9.94. The average Bonchev–Trinajstić information content (AvgIpc) is 3.32. The van der Waals surface area contributed by atoms with Gasteiger partial charge < -0.3 is 11.1 Å². The predicted octanol–water partition coefficient (Wildman–Crippen LogP) is 3.08. The van der Waals surface area contributed by atoms with Gasteiger partial charge in [0.1, 0.15) is 0 Å². The van der Waals surface area contributed by atoms with E-state index in [2.05, 4.69) is 27.4 Å². The lowest BCUT2D eigenvalue weighted by molar-refractivity contribution is 0.0936. The number of carbonyl (C=O) groups excluding carboxylic acids is 1. The van der Waals surface area contributed by atoms with Gasteiger partial charge in [-0.3, -0.25) is 9.78 Å². The topological polar surface area (TPSA) is 80.9 Å². The first kappa shape index (κ1) is 15.9. The lowest BCUT2D eigenvalue weighted by atomic mass is 10.0. The summed E-state index contributed by atoms with van der Waals surface area (Å²) in [5.41, 5.74) is 13.2. The lowest BCUT2D eigenvalue weighted by Crippen LogP contribution is -2.27. The zero-order chi connectivity index (χ0) is 17.2. The van der Waals surface area contributed by atoms with Gasteiger partial charge >= 0.3 is 0 Å². The van der Waals surface area contributed by atoms with Crippen molar-refractivity contribution in [1.82, 2.24) is 15.3 Å². The standard InChI is InChI=1S/C19H18N4OS/c20-8-12-1-4-15-13(7-12)2-5-16(15)23-19(24)14-3-6-17(21-9-14)18-10-25-11-22-18/h1,3-4,6-7,9-11,16H,2,5,8,20H2,(H,23,24). The second-order valence-corrected chi connectivity index (χ2v) is 6.83. The second kappa shape index (κ2) is 6.74. The van der Waals surface area contributed by atoms with Gasteiger partial charge in [-0.15, -0.1) is 11.3 Å². The largest absolute Gasteiger partial charge is 0.345 e. The number of benzene rings is 1. The van der Waals surface area contributed by atoms with E-state index in [9.17, 15) is 4.79 Å². The molecule has 0 spiro atoms. The van der Waals surface area contributed by atoms with E-state index < -0.39 is 0 Å². The second-order valence-electron chi connectivity index (χ2n) is 6.11. The monoisotopic (exact) mass is 350 g/mol. The van der Waals surface area contributed by atoms with E-state index >= 15 is 0 Å². The van der Waals surface area contributed by atoms with Crippen molar-refractivity contribution in [2.45, 2.75) is 25.4 Å². The normalized spacial score (nSPS) is 15.8. The van der Waals surface area contributed by atoms with Crippen LogP contribution >= 0.6 is 11.3 Å². The molecule has 0 saturated carbocycles. The SMILES string of the molecule is NCc1ccc2c(c1)CCC2NC(=O)c1ccc(-c2cscn2)nc1. The van der Waals surface area contributed by atoms with Crippen molar-refractivity contribution in [3.05, 3.63) is 69.7 Å². The number of aryl methyl sites for hydroxylation is 1. The number of carbonyl (C=O) groups is 1. The van der Waals surface area contributed by atoms with Crippen LogP contribution in [0.2, 0.25) is 0 Å². The Morgan fingerprint density at radius 1 is 1.24 bits per heavy atom. The van der Waals surface area contributed by atoms with Crippen LogP contribution in [0.3, 0.4) is 0 Å². The van der Waals surface area contributed by atoms with Crippen molar-refractivity contribution < 1.29 is 4.79 Å². The van der Waals surface area contributed by atoms with Crippen LogP contribution in [0.5, 0.6) is 0 Å². The van der Waals surface area contributed by atoms with Gasteiger partial charge in [-0.1, -0.05) is 18.2 Å². The van der Waals surface area contributed by atoms with E-state index in [1.807, 2.05) is 17.5 Å². The molecule has 0 bridgehead atoms. The highest BCUT2D eigenvalue weighted by molar-refractivity contribution is 7.07. The molecule has 0 saturated heterocycles. The number of nitrogens with one attached hydrogen (secondary N) is 1. The fourth-order valence-corrected chi connectivity index (χ4v) is 3.75. The number of fused-ring (bicyclic) bond motifs is 1. The Balaban J connectivity index is 1.48. The molecular formula is C19H18N4OS. The highest BCUT2D eigenvalue weighted by atomic mass is 32.1. The van der Waals surface area contributed by atoms with Crippen LogP contribution in [0.25, 0.3) is 11.4 Å². The Bertz CT molecular complexity index is 890. The molecule has 1 amide bonds. The highest BCUT2D eigenvalue weighted by Crippen LogP contribution is 2.32. The maximum absolute atomic E-state index is 12.5. The van der Waals surface area contributed by atoms with Gasteiger partial charge in [0, 0.05) is 18.1 Å². The number of nitrogens with zero attached hydrogens (tertiary/aromatic N) is 2. The Morgan fingerprint density at radius 3 is 2.88 bits per heavy atom. The van der Waals surface area contributed by atoms with Gasteiger partial charge in [0.25, 0.3) is 5.91 Å². The zero-order valence-electron chi connectivity index (χ0n) is 13.6. The summed E-state index contributed by atoms with van der Waals surface area (Å²) in [7, 11) is 0. The zero-order valence-corrected chi connectivity index (χ0v) is 14.4. The summed E-state index contributed by atoms with van der Waals surface area (Å²) in [6.07, 6.45) is 3.49. The number of nitrogens with two attached hydrogens (primary N) is 1. The molecule has 1 unspecified atom stereocenters. The van der Waals surface area contributed by atoms with Gasteiger partial charge in [0.15, 0.2) is 0 Å². The Labute approximate surface area is 149 Å².